The first-order chi connectivity index (χ1) is 14.0. The molecule has 0 radical (unpaired) electrons. The number of unbranched alkanes of at least 4 members (excludes halogenated alkanes) is 1. The standard InChI is InChI=1S/C24H26F3NO2/c1-5-6-12-18-20(16-10-9-11-17(15-16)24(25,26)27)21(30-22(29)23(2,3)4)19-13-7-8-14-28(18)19/h7-11,13-15H,5-6,12H2,1-4H3. The van der Waals surface area contributed by atoms with E-state index in [1.807, 2.05) is 28.8 Å². The highest BCUT2D eigenvalue weighted by Crippen LogP contribution is 2.42. The van der Waals surface area contributed by atoms with Gasteiger partial charge in [-0.05, 0) is 63.4 Å². The molecule has 0 atom stereocenters. The van der Waals surface area contributed by atoms with Crippen LogP contribution in [-0.4, -0.2) is 10.4 Å². The number of esters is 1. The second-order valence-corrected chi connectivity index (χ2v) is 8.43. The van der Waals surface area contributed by atoms with E-state index in [9.17, 15) is 18.0 Å². The summed E-state index contributed by atoms with van der Waals surface area (Å²) in [5.74, 6) is -0.130. The molecule has 0 aliphatic rings. The highest BCUT2D eigenvalue weighted by molar-refractivity contribution is 5.89. The third-order valence-corrected chi connectivity index (χ3v) is 4.95. The monoisotopic (exact) mass is 417 g/mol. The van der Waals surface area contributed by atoms with Crippen molar-refractivity contribution in [2.75, 3.05) is 0 Å². The summed E-state index contributed by atoms with van der Waals surface area (Å²) in [6.45, 7) is 7.29. The lowest BCUT2D eigenvalue weighted by molar-refractivity contribution is -0.143. The Morgan fingerprint density at radius 2 is 1.80 bits per heavy atom. The molecule has 0 N–H and O–H groups in total. The fourth-order valence-corrected chi connectivity index (χ4v) is 3.33. The van der Waals surface area contributed by atoms with Crippen molar-refractivity contribution in [1.29, 1.82) is 0 Å². The van der Waals surface area contributed by atoms with Crippen molar-refractivity contribution in [2.45, 2.75) is 53.1 Å². The molecular formula is C24H26F3NO2. The smallest absolute Gasteiger partial charge is 0.416 e. The molecule has 0 saturated carbocycles. The molecule has 3 aromatic rings. The second kappa shape index (κ2) is 8.17. The number of carbonyl (C=O) groups is 1. The molecule has 160 valence electrons. The van der Waals surface area contributed by atoms with E-state index in [0.29, 0.717) is 28.8 Å². The zero-order chi connectivity index (χ0) is 22.1. The number of fused-ring (bicyclic) bond motifs is 1. The number of ether oxygens (including phenoxy) is 1. The van der Waals surface area contributed by atoms with Gasteiger partial charge in [0.15, 0.2) is 5.75 Å². The van der Waals surface area contributed by atoms with Gasteiger partial charge in [0.25, 0.3) is 0 Å². The molecule has 6 heteroatoms. The molecule has 0 aliphatic heterocycles. The number of halogens is 3. The Morgan fingerprint density at radius 1 is 1.07 bits per heavy atom. The van der Waals surface area contributed by atoms with Crippen molar-refractivity contribution in [2.24, 2.45) is 5.41 Å². The van der Waals surface area contributed by atoms with E-state index in [2.05, 4.69) is 6.92 Å². The zero-order valence-electron chi connectivity index (χ0n) is 17.6. The van der Waals surface area contributed by atoms with Crippen molar-refractivity contribution >= 4 is 11.5 Å². The van der Waals surface area contributed by atoms with E-state index < -0.39 is 23.1 Å². The molecule has 0 fully saturated rings. The van der Waals surface area contributed by atoms with Crippen LogP contribution < -0.4 is 4.74 Å². The average molecular weight is 417 g/mol. The summed E-state index contributed by atoms with van der Waals surface area (Å²) in [7, 11) is 0. The van der Waals surface area contributed by atoms with Gasteiger partial charge in [-0.3, -0.25) is 4.79 Å². The highest BCUT2D eigenvalue weighted by Gasteiger charge is 2.32. The highest BCUT2D eigenvalue weighted by atomic mass is 19.4. The predicted octanol–water partition coefficient (Wildman–Crippen LogP) is 6.92. The minimum absolute atomic E-state index is 0.306. The van der Waals surface area contributed by atoms with E-state index >= 15 is 0 Å². The summed E-state index contributed by atoms with van der Waals surface area (Å²) in [5, 5.41) is 0. The lowest BCUT2D eigenvalue weighted by atomic mass is 9.97. The Hall–Kier alpha value is -2.76. The van der Waals surface area contributed by atoms with Crippen LogP contribution in [0.25, 0.3) is 16.6 Å². The van der Waals surface area contributed by atoms with Gasteiger partial charge < -0.3 is 9.14 Å². The van der Waals surface area contributed by atoms with E-state index in [0.717, 1.165) is 30.7 Å². The topological polar surface area (TPSA) is 30.7 Å². The summed E-state index contributed by atoms with van der Waals surface area (Å²) >= 11 is 0. The Labute approximate surface area is 174 Å². The lowest BCUT2D eigenvalue weighted by Crippen LogP contribution is -2.25. The van der Waals surface area contributed by atoms with Crippen molar-refractivity contribution in [1.82, 2.24) is 4.40 Å². The van der Waals surface area contributed by atoms with E-state index in [1.165, 1.54) is 6.07 Å². The number of hydrogen-bond acceptors (Lipinski definition) is 2. The molecule has 0 amide bonds. The number of carbonyl (C=O) groups excluding carboxylic acids is 1. The molecule has 1 aromatic carbocycles. The van der Waals surface area contributed by atoms with Gasteiger partial charge in [-0.1, -0.05) is 31.5 Å². The molecule has 0 bridgehead atoms. The van der Waals surface area contributed by atoms with Gasteiger partial charge in [0, 0.05) is 17.5 Å². The maximum atomic E-state index is 13.4. The summed E-state index contributed by atoms with van der Waals surface area (Å²) in [4.78, 5) is 12.7. The maximum Gasteiger partial charge on any atom is 0.416 e. The van der Waals surface area contributed by atoms with E-state index in [-0.39, 0.29) is 0 Å². The molecular weight excluding hydrogens is 391 g/mol. The number of pyridine rings is 1. The van der Waals surface area contributed by atoms with Crippen LogP contribution in [0.2, 0.25) is 0 Å². The predicted molar refractivity (Wildman–Crippen MR) is 112 cm³/mol. The van der Waals surface area contributed by atoms with Crippen LogP contribution in [0.1, 0.15) is 51.8 Å². The number of benzene rings is 1. The normalized spacial score (nSPS) is 12.4. The van der Waals surface area contributed by atoms with Crippen LogP contribution in [-0.2, 0) is 17.4 Å². The Bertz CT molecular complexity index is 1060. The Morgan fingerprint density at radius 3 is 2.43 bits per heavy atom. The Balaban J connectivity index is 2.30. The van der Waals surface area contributed by atoms with Crippen LogP contribution in [0.4, 0.5) is 13.2 Å². The number of nitrogens with zero attached hydrogens (tertiary/aromatic N) is 1. The van der Waals surface area contributed by atoms with Gasteiger partial charge in [0.05, 0.1) is 16.5 Å². The molecule has 0 saturated heterocycles. The summed E-state index contributed by atoms with van der Waals surface area (Å²) in [5.41, 5.74) is 0.939. The van der Waals surface area contributed by atoms with Crippen LogP contribution in [0.3, 0.4) is 0 Å². The van der Waals surface area contributed by atoms with Crippen LogP contribution >= 0.6 is 0 Å². The van der Waals surface area contributed by atoms with Gasteiger partial charge in [-0.25, -0.2) is 0 Å². The summed E-state index contributed by atoms with van der Waals surface area (Å²) in [6.07, 6.45) is -0.161. The SMILES string of the molecule is CCCCc1c(-c2cccc(C(F)(F)F)c2)c(OC(=O)C(C)(C)C)c2ccccn12. The van der Waals surface area contributed by atoms with Crippen molar-refractivity contribution in [3.05, 3.63) is 59.9 Å². The van der Waals surface area contributed by atoms with Gasteiger partial charge in [0.2, 0.25) is 0 Å². The molecule has 2 aromatic heterocycles. The first-order valence-electron chi connectivity index (χ1n) is 10.1. The van der Waals surface area contributed by atoms with Crippen LogP contribution in [0.15, 0.2) is 48.7 Å². The molecule has 0 spiro atoms. The zero-order valence-corrected chi connectivity index (χ0v) is 17.6. The van der Waals surface area contributed by atoms with E-state index in [4.69, 9.17) is 4.74 Å². The number of aromatic nitrogens is 1. The largest absolute Gasteiger partial charge is 0.423 e. The second-order valence-electron chi connectivity index (χ2n) is 8.43. The van der Waals surface area contributed by atoms with Gasteiger partial charge in [0.1, 0.15) is 0 Å². The van der Waals surface area contributed by atoms with Crippen LogP contribution in [0.5, 0.6) is 5.75 Å². The average Bonchev–Trinajstić information content (AvgIpc) is 2.98. The summed E-state index contributed by atoms with van der Waals surface area (Å²) < 4.78 is 47.8. The summed E-state index contributed by atoms with van der Waals surface area (Å²) in [6, 6.07) is 10.7. The quantitative estimate of drug-likeness (QED) is 0.422. The van der Waals surface area contributed by atoms with Crippen molar-refractivity contribution < 1.29 is 22.7 Å². The number of rotatable bonds is 5. The van der Waals surface area contributed by atoms with Gasteiger partial charge in [-0.15, -0.1) is 0 Å². The first-order valence-corrected chi connectivity index (χ1v) is 10.1. The number of aryl methyl sites for hydroxylation is 1. The third kappa shape index (κ3) is 4.37. The molecule has 0 unspecified atom stereocenters. The molecule has 3 rings (SSSR count). The van der Waals surface area contributed by atoms with Crippen molar-refractivity contribution in [3.8, 4) is 16.9 Å². The number of hydrogen-bond donors (Lipinski definition) is 0. The third-order valence-electron chi connectivity index (χ3n) is 4.95. The van der Waals surface area contributed by atoms with Crippen molar-refractivity contribution in [3.63, 3.8) is 0 Å². The fourth-order valence-electron chi connectivity index (χ4n) is 3.33. The fraction of sp³-hybridized carbons (Fsp3) is 0.375. The van der Waals surface area contributed by atoms with E-state index in [1.54, 1.807) is 26.8 Å². The molecule has 0 aliphatic carbocycles. The first kappa shape index (κ1) is 21.9. The molecule has 2 heterocycles. The maximum absolute atomic E-state index is 13.4. The van der Waals surface area contributed by atoms with Gasteiger partial charge >= 0.3 is 12.1 Å². The van der Waals surface area contributed by atoms with Gasteiger partial charge in [-0.2, -0.15) is 13.2 Å². The lowest BCUT2D eigenvalue weighted by Gasteiger charge is -2.17. The Kier molecular flexibility index (Phi) is 5.97. The minimum Gasteiger partial charge on any atom is -0.423 e. The molecule has 30 heavy (non-hydrogen) atoms. The molecule has 3 nitrogen and oxygen atoms in total. The minimum atomic E-state index is -4.46. The number of alkyl halides is 3. The van der Waals surface area contributed by atoms with Crippen LogP contribution in [0, 0.1) is 5.41 Å².